The molecular formula is C16H24F3NO. The van der Waals surface area contributed by atoms with Gasteiger partial charge in [-0.2, -0.15) is 13.2 Å². The summed E-state index contributed by atoms with van der Waals surface area (Å²) in [5.74, 6) is 0. The average Bonchev–Trinajstić information content (AvgIpc) is 2.42. The Morgan fingerprint density at radius 2 is 1.90 bits per heavy atom. The van der Waals surface area contributed by atoms with Gasteiger partial charge in [0.15, 0.2) is 0 Å². The van der Waals surface area contributed by atoms with Crippen LogP contribution in [0, 0.1) is 0 Å². The molecule has 1 aromatic carbocycles. The molecule has 0 saturated heterocycles. The largest absolute Gasteiger partial charge is 0.416 e. The maximum Gasteiger partial charge on any atom is 0.416 e. The molecule has 1 N–H and O–H groups in total. The number of ether oxygens (including phenoxy) is 1. The Kier molecular flexibility index (Phi) is 6.23. The molecule has 0 radical (unpaired) electrons. The maximum atomic E-state index is 12.8. The van der Waals surface area contributed by atoms with E-state index in [0.717, 1.165) is 18.9 Å². The second kappa shape index (κ2) is 7.27. The lowest BCUT2D eigenvalue weighted by Crippen LogP contribution is -2.27. The van der Waals surface area contributed by atoms with Crippen LogP contribution in [0.25, 0.3) is 0 Å². The molecule has 1 rings (SSSR count). The molecule has 0 aliphatic carbocycles. The molecule has 21 heavy (non-hydrogen) atoms. The van der Waals surface area contributed by atoms with Gasteiger partial charge in [0.25, 0.3) is 0 Å². The number of benzene rings is 1. The first kappa shape index (κ1) is 18.0. The normalized spacial score (nSPS) is 14.2. The molecule has 0 saturated carbocycles. The van der Waals surface area contributed by atoms with Crippen LogP contribution in [-0.2, 0) is 10.9 Å². The number of methoxy groups -OCH3 is 1. The van der Waals surface area contributed by atoms with E-state index in [1.54, 1.807) is 13.2 Å². The first-order valence-corrected chi connectivity index (χ1v) is 7.15. The first-order chi connectivity index (χ1) is 9.69. The van der Waals surface area contributed by atoms with Crippen molar-refractivity contribution in [1.29, 1.82) is 0 Å². The van der Waals surface area contributed by atoms with Gasteiger partial charge in [0.1, 0.15) is 0 Å². The zero-order valence-corrected chi connectivity index (χ0v) is 13.1. The summed E-state index contributed by atoms with van der Waals surface area (Å²) >= 11 is 0. The van der Waals surface area contributed by atoms with Gasteiger partial charge in [-0.05, 0) is 50.9 Å². The molecular weight excluding hydrogens is 279 g/mol. The van der Waals surface area contributed by atoms with Gasteiger partial charge < -0.3 is 10.1 Å². The molecule has 1 atom stereocenters. The Morgan fingerprint density at radius 3 is 2.43 bits per heavy atom. The van der Waals surface area contributed by atoms with Gasteiger partial charge in [-0.3, -0.25) is 0 Å². The highest BCUT2D eigenvalue weighted by molar-refractivity contribution is 5.28. The van der Waals surface area contributed by atoms with E-state index >= 15 is 0 Å². The van der Waals surface area contributed by atoms with E-state index in [0.29, 0.717) is 12.1 Å². The van der Waals surface area contributed by atoms with Gasteiger partial charge in [0.2, 0.25) is 0 Å². The van der Waals surface area contributed by atoms with Gasteiger partial charge in [-0.25, -0.2) is 0 Å². The Morgan fingerprint density at radius 1 is 1.24 bits per heavy atom. The smallest absolute Gasteiger partial charge is 0.379 e. The van der Waals surface area contributed by atoms with Gasteiger partial charge in [0, 0.05) is 13.2 Å². The number of halogens is 3. The minimum absolute atomic E-state index is 0.105. The fourth-order valence-corrected chi connectivity index (χ4v) is 2.16. The van der Waals surface area contributed by atoms with Crippen LogP contribution < -0.4 is 5.32 Å². The molecule has 0 aliphatic heterocycles. The molecule has 0 bridgehead atoms. The molecule has 0 aromatic heterocycles. The van der Waals surface area contributed by atoms with Gasteiger partial charge >= 0.3 is 6.18 Å². The summed E-state index contributed by atoms with van der Waals surface area (Å²) in [5, 5.41) is 3.25. The highest BCUT2D eigenvalue weighted by Gasteiger charge is 2.31. The standard InChI is InChI=1S/C16H24F3NO/c1-5-20-14(9-10-15(2,3)21-4)12-7-6-8-13(11-12)16(17,18)19/h6-8,11,14,20H,5,9-10H2,1-4H3. The molecule has 0 heterocycles. The van der Waals surface area contributed by atoms with Gasteiger partial charge in [-0.15, -0.1) is 0 Å². The lowest BCUT2D eigenvalue weighted by atomic mass is 9.94. The number of alkyl halides is 3. The number of nitrogens with one attached hydrogen (secondary N) is 1. The quantitative estimate of drug-likeness (QED) is 0.797. The van der Waals surface area contributed by atoms with E-state index < -0.39 is 11.7 Å². The Labute approximate surface area is 124 Å². The van der Waals surface area contributed by atoms with Crippen molar-refractivity contribution in [2.24, 2.45) is 0 Å². The van der Waals surface area contributed by atoms with Crippen LogP contribution in [0.1, 0.15) is 50.8 Å². The van der Waals surface area contributed by atoms with E-state index in [1.165, 1.54) is 12.1 Å². The Bertz CT molecular complexity index is 443. The minimum atomic E-state index is -4.31. The van der Waals surface area contributed by atoms with E-state index in [2.05, 4.69) is 5.32 Å². The summed E-state index contributed by atoms with van der Waals surface area (Å²) < 4.78 is 43.8. The molecule has 0 fully saturated rings. The van der Waals surface area contributed by atoms with Crippen molar-refractivity contribution < 1.29 is 17.9 Å². The summed E-state index contributed by atoms with van der Waals surface area (Å²) in [6.45, 7) is 6.60. The monoisotopic (exact) mass is 303 g/mol. The maximum absolute atomic E-state index is 12.8. The fourth-order valence-electron chi connectivity index (χ4n) is 2.16. The molecule has 0 spiro atoms. The van der Waals surface area contributed by atoms with E-state index in [1.807, 2.05) is 20.8 Å². The predicted octanol–water partition coefficient (Wildman–Crippen LogP) is 4.56. The lowest BCUT2D eigenvalue weighted by molar-refractivity contribution is -0.137. The van der Waals surface area contributed by atoms with E-state index in [9.17, 15) is 13.2 Å². The number of rotatable bonds is 7. The second-order valence-corrected chi connectivity index (χ2v) is 5.74. The zero-order valence-electron chi connectivity index (χ0n) is 13.1. The van der Waals surface area contributed by atoms with Crippen LogP contribution in [0.4, 0.5) is 13.2 Å². The Balaban J connectivity index is 2.90. The first-order valence-electron chi connectivity index (χ1n) is 7.15. The van der Waals surface area contributed by atoms with E-state index in [4.69, 9.17) is 4.74 Å². The molecule has 2 nitrogen and oxygen atoms in total. The number of hydrogen-bond donors (Lipinski definition) is 1. The third kappa shape index (κ3) is 5.67. The third-order valence-electron chi connectivity index (χ3n) is 3.65. The van der Waals surface area contributed by atoms with Crippen molar-refractivity contribution in [2.45, 2.75) is 51.4 Å². The van der Waals surface area contributed by atoms with Gasteiger partial charge in [-0.1, -0.05) is 19.1 Å². The second-order valence-electron chi connectivity index (χ2n) is 5.74. The molecule has 0 amide bonds. The summed E-state index contributed by atoms with van der Waals surface area (Å²) in [6.07, 6.45) is -2.83. The molecule has 120 valence electrons. The molecule has 1 aromatic rings. The SMILES string of the molecule is CCNC(CCC(C)(C)OC)c1cccc(C(F)(F)F)c1. The molecule has 5 heteroatoms. The highest BCUT2D eigenvalue weighted by Crippen LogP contribution is 2.32. The van der Waals surface area contributed by atoms with Crippen LogP contribution in [-0.4, -0.2) is 19.3 Å². The average molecular weight is 303 g/mol. The van der Waals surface area contributed by atoms with Gasteiger partial charge in [0.05, 0.1) is 11.2 Å². The van der Waals surface area contributed by atoms with Crippen LogP contribution in [0.3, 0.4) is 0 Å². The van der Waals surface area contributed by atoms with Crippen LogP contribution in [0.5, 0.6) is 0 Å². The third-order valence-corrected chi connectivity index (χ3v) is 3.65. The van der Waals surface area contributed by atoms with Crippen molar-refractivity contribution in [3.05, 3.63) is 35.4 Å². The van der Waals surface area contributed by atoms with Crippen molar-refractivity contribution in [1.82, 2.24) is 5.32 Å². The highest BCUT2D eigenvalue weighted by atomic mass is 19.4. The predicted molar refractivity (Wildman–Crippen MR) is 78.2 cm³/mol. The summed E-state index contributed by atoms with van der Waals surface area (Å²) in [4.78, 5) is 0. The van der Waals surface area contributed by atoms with Crippen molar-refractivity contribution in [3.63, 3.8) is 0 Å². The fraction of sp³-hybridized carbons (Fsp3) is 0.625. The Hall–Kier alpha value is -1.07. The molecule has 1 unspecified atom stereocenters. The summed E-state index contributed by atoms with van der Waals surface area (Å²) in [5.41, 5.74) is -0.220. The van der Waals surface area contributed by atoms with Crippen LogP contribution >= 0.6 is 0 Å². The summed E-state index contributed by atoms with van der Waals surface area (Å²) in [6, 6.07) is 5.43. The van der Waals surface area contributed by atoms with E-state index in [-0.39, 0.29) is 11.6 Å². The number of hydrogen-bond acceptors (Lipinski definition) is 2. The lowest BCUT2D eigenvalue weighted by Gasteiger charge is -2.27. The van der Waals surface area contributed by atoms with Crippen molar-refractivity contribution >= 4 is 0 Å². The van der Waals surface area contributed by atoms with Crippen LogP contribution in [0.15, 0.2) is 24.3 Å². The minimum Gasteiger partial charge on any atom is -0.379 e. The summed E-state index contributed by atoms with van der Waals surface area (Å²) in [7, 11) is 1.65. The molecule has 0 aliphatic rings. The van der Waals surface area contributed by atoms with Crippen molar-refractivity contribution in [3.8, 4) is 0 Å². The van der Waals surface area contributed by atoms with Crippen molar-refractivity contribution in [2.75, 3.05) is 13.7 Å². The van der Waals surface area contributed by atoms with Crippen LogP contribution in [0.2, 0.25) is 0 Å². The zero-order chi connectivity index (χ0) is 16.1. The topological polar surface area (TPSA) is 21.3 Å².